The molecule has 2 atom stereocenters. The lowest BCUT2D eigenvalue weighted by molar-refractivity contribution is -0.127. The van der Waals surface area contributed by atoms with Crippen molar-refractivity contribution < 1.29 is 4.79 Å². The van der Waals surface area contributed by atoms with E-state index in [-0.39, 0.29) is 11.9 Å². The Balaban J connectivity index is 2.28. The van der Waals surface area contributed by atoms with E-state index < -0.39 is 5.41 Å². The Morgan fingerprint density at radius 2 is 1.89 bits per heavy atom. The lowest BCUT2D eigenvalue weighted by Gasteiger charge is -2.32. The molecule has 2 unspecified atom stereocenters. The number of hydrogen-bond donors (Lipinski definition) is 1. The molecule has 0 aromatic heterocycles. The van der Waals surface area contributed by atoms with Crippen LogP contribution in [-0.4, -0.2) is 19.0 Å². The van der Waals surface area contributed by atoms with E-state index >= 15 is 0 Å². The molecule has 1 saturated carbocycles. The molecule has 0 spiro atoms. The van der Waals surface area contributed by atoms with Crippen LogP contribution in [0.5, 0.6) is 0 Å². The van der Waals surface area contributed by atoms with Gasteiger partial charge in [0, 0.05) is 18.8 Å². The van der Waals surface area contributed by atoms with Gasteiger partial charge in [0.2, 0.25) is 5.91 Å². The van der Waals surface area contributed by atoms with Gasteiger partial charge in [0.25, 0.3) is 0 Å². The van der Waals surface area contributed by atoms with Crippen LogP contribution in [0.3, 0.4) is 0 Å². The molecule has 19 heavy (non-hydrogen) atoms. The van der Waals surface area contributed by atoms with Gasteiger partial charge in [-0.25, -0.2) is 0 Å². The molecule has 1 aromatic carbocycles. The van der Waals surface area contributed by atoms with Gasteiger partial charge in [-0.2, -0.15) is 0 Å². The van der Waals surface area contributed by atoms with Crippen LogP contribution >= 0.6 is 0 Å². The number of rotatable bonds is 2. The fourth-order valence-electron chi connectivity index (χ4n) is 3.10. The first-order valence-electron chi connectivity index (χ1n) is 6.96. The highest BCUT2D eigenvalue weighted by molar-refractivity contribution is 5.97. The molecule has 3 nitrogen and oxygen atoms in total. The first-order valence-corrected chi connectivity index (χ1v) is 6.96. The predicted octanol–water partition coefficient (Wildman–Crippen LogP) is 2.78. The zero-order valence-electron chi connectivity index (χ0n) is 12.4. The van der Waals surface area contributed by atoms with Crippen molar-refractivity contribution in [1.82, 2.24) is 0 Å². The molecule has 0 heterocycles. The number of benzene rings is 1. The van der Waals surface area contributed by atoms with Crippen molar-refractivity contribution in [3.05, 3.63) is 29.3 Å². The largest absolute Gasteiger partial charge is 0.327 e. The fraction of sp³-hybridized carbons (Fsp3) is 0.562. The van der Waals surface area contributed by atoms with Crippen molar-refractivity contribution in [3.63, 3.8) is 0 Å². The van der Waals surface area contributed by atoms with Crippen LogP contribution in [0.15, 0.2) is 18.2 Å². The fourth-order valence-corrected chi connectivity index (χ4v) is 3.10. The number of nitrogens with zero attached hydrogens (tertiary/aromatic N) is 1. The van der Waals surface area contributed by atoms with E-state index in [2.05, 4.69) is 32.0 Å². The summed E-state index contributed by atoms with van der Waals surface area (Å²) >= 11 is 0. The van der Waals surface area contributed by atoms with E-state index in [1.54, 1.807) is 4.90 Å². The maximum absolute atomic E-state index is 12.7. The maximum Gasteiger partial charge on any atom is 0.234 e. The normalized spacial score (nSPS) is 26.5. The Morgan fingerprint density at radius 1 is 1.32 bits per heavy atom. The molecule has 2 rings (SSSR count). The van der Waals surface area contributed by atoms with Gasteiger partial charge in [0.1, 0.15) is 0 Å². The number of carbonyl (C=O) groups is 1. The second-order valence-corrected chi connectivity index (χ2v) is 6.13. The second kappa shape index (κ2) is 4.97. The van der Waals surface area contributed by atoms with Crippen molar-refractivity contribution in [1.29, 1.82) is 0 Å². The summed E-state index contributed by atoms with van der Waals surface area (Å²) in [7, 11) is 1.85. The standard InChI is InChI=1S/C16H24N2O/c1-11-8-12(2)10-13(9-11)18(4)15(19)16(3)7-5-6-14(16)17/h8-10,14H,5-7,17H2,1-4H3. The van der Waals surface area contributed by atoms with Gasteiger partial charge in [0.15, 0.2) is 0 Å². The van der Waals surface area contributed by atoms with Crippen LogP contribution in [0.25, 0.3) is 0 Å². The Morgan fingerprint density at radius 3 is 2.37 bits per heavy atom. The third-order valence-corrected chi connectivity index (χ3v) is 4.42. The maximum atomic E-state index is 12.7. The smallest absolute Gasteiger partial charge is 0.234 e. The van der Waals surface area contributed by atoms with Crippen molar-refractivity contribution >= 4 is 11.6 Å². The van der Waals surface area contributed by atoms with Gasteiger partial charge >= 0.3 is 0 Å². The molecule has 1 aromatic rings. The Bertz CT molecular complexity index is 477. The number of carbonyl (C=O) groups excluding carboxylic acids is 1. The average Bonchev–Trinajstić information content (AvgIpc) is 2.68. The lowest BCUT2D eigenvalue weighted by Crippen LogP contribution is -2.48. The summed E-state index contributed by atoms with van der Waals surface area (Å²) in [4.78, 5) is 14.5. The number of hydrogen-bond acceptors (Lipinski definition) is 2. The molecule has 3 heteroatoms. The molecule has 0 saturated heterocycles. The monoisotopic (exact) mass is 260 g/mol. The van der Waals surface area contributed by atoms with E-state index in [1.807, 2.05) is 14.0 Å². The van der Waals surface area contributed by atoms with Crippen LogP contribution < -0.4 is 10.6 Å². The van der Waals surface area contributed by atoms with E-state index in [9.17, 15) is 4.79 Å². The molecular weight excluding hydrogens is 236 g/mol. The van der Waals surface area contributed by atoms with Gasteiger partial charge in [-0.05, 0) is 56.9 Å². The predicted molar refractivity (Wildman–Crippen MR) is 79.3 cm³/mol. The topological polar surface area (TPSA) is 46.3 Å². The number of nitrogens with two attached hydrogens (primary N) is 1. The van der Waals surface area contributed by atoms with Gasteiger partial charge in [-0.3, -0.25) is 4.79 Å². The lowest BCUT2D eigenvalue weighted by atomic mass is 9.83. The third kappa shape index (κ3) is 2.52. The molecule has 1 amide bonds. The quantitative estimate of drug-likeness (QED) is 0.888. The van der Waals surface area contributed by atoms with Crippen LogP contribution in [0.4, 0.5) is 5.69 Å². The van der Waals surface area contributed by atoms with E-state index in [1.165, 1.54) is 11.1 Å². The summed E-state index contributed by atoms with van der Waals surface area (Å²) in [6.45, 7) is 6.11. The zero-order valence-corrected chi connectivity index (χ0v) is 12.4. The molecule has 1 aliphatic carbocycles. The second-order valence-electron chi connectivity index (χ2n) is 6.13. The summed E-state index contributed by atoms with van der Waals surface area (Å²) in [6, 6.07) is 6.20. The Kier molecular flexibility index (Phi) is 3.68. The molecule has 104 valence electrons. The van der Waals surface area contributed by atoms with Crippen LogP contribution in [-0.2, 0) is 4.79 Å². The minimum absolute atomic E-state index is 0.0200. The summed E-state index contributed by atoms with van der Waals surface area (Å²) in [6.07, 6.45) is 2.88. The highest BCUT2D eigenvalue weighted by Gasteiger charge is 2.44. The van der Waals surface area contributed by atoms with Gasteiger partial charge in [0.05, 0.1) is 5.41 Å². The molecule has 1 aliphatic rings. The molecule has 1 fully saturated rings. The Labute approximate surface area is 115 Å². The summed E-state index contributed by atoms with van der Waals surface area (Å²) in [5.74, 6) is 0.141. The Hall–Kier alpha value is -1.35. The molecule has 0 bridgehead atoms. The van der Waals surface area contributed by atoms with E-state index in [0.29, 0.717) is 0 Å². The SMILES string of the molecule is Cc1cc(C)cc(N(C)C(=O)C2(C)CCCC2N)c1. The van der Waals surface area contributed by atoms with Crippen LogP contribution in [0.2, 0.25) is 0 Å². The molecule has 0 radical (unpaired) electrons. The molecule has 2 N–H and O–H groups in total. The van der Waals surface area contributed by atoms with Crippen LogP contribution in [0, 0.1) is 19.3 Å². The zero-order chi connectivity index (χ0) is 14.2. The van der Waals surface area contributed by atoms with Gasteiger partial charge in [-0.15, -0.1) is 0 Å². The summed E-state index contributed by atoms with van der Waals surface area (Å²) < 4.78 is 0. The minimum Gasteiger partial charge on any atom is -0.327 e. The summed E-state index contributed by atoms with van der Waals surface area (Å²) in [5.41, 5.74) is 9.05. The van der Waals surface area contributed by atoms with Crippen molar-refractivity contribution in [2.75, 3.05) is 11.9 Å². The third-order valence-electron chi connectivity index (χ3n) is 4.42. The minimum atomic E-state index is -0.410. The first-order chi connectivity index (χ1) is 8.84. The highest BCUT2D eigenvalue weighted by Crippen LogP contribution is 2.39. The average molecular weight is 260 g/mol. The van der Waals surface area contributed by atoms with Crippen molar-refractivity contribution in [2.24, 2.45) is 11.1 Å². The number of anilines is 1. The summed E-state index contributed by atoms with van der Waals surface area (Å²) in [5, 5.41) is 0. The number of aryl methyl sites for hydroxylation is 2. The van der Waals surface area contributed by atoms with Gasteiger partial charge in [-0.1, -0.05) is 12.5 Å². The van der Waals surface area contributed by atoms with Gasteiger partial charge < -0.3 is 10.6 Å². The highest BCUT2D eigenvalue weighted by atomic mass is 16.2. The molecule has 0 aliphatic heterocycles. The van der Waals surface area contributed by atoms with E-state index in [4.69, 9.17) is 5.73 Å². The van der Waals surface area contributed by atoms with E-state index in [0.717, 1.165) is 24.9 Å². The molecular formula is C16H24N2O. The van der Waals surface area contributed by atoms with Crippen molar-refractivity contribution in [2.45, 2.75) is 46.1 Å². The van der Waals surface area contributed by atoms with Crippen LogP contribution in [0.1, 0.15) is 37.3 Å². The van der Waals surface area contributed by atoms with Crippen molar-refractivity contribution in [3.8, 4) is 0 Å². The first kappa shape index (κ1) is 14.1. The number of amides is 1.